The highest BCUT2D eigenvalue weighted by Crippen LogP contribution is 2.27. The standard InChI is InChI=1S/C11H7BrClN5/c12-7-2-1-6(3-8(7)13)18-11-9-10(15-4-14-9)16-5-17-11/h1-5H,(H2,14,15,16,17,18). The number of nitrogens with zero attached hydrogens (tertiary/aromatic N) is 3. The second-order valence-electron chi connectivity index (χ2n) is 3.58. The molecule has 0 aliphatic heterocycles. The second-order valence-corrected chi connectivity index (χ2v) is 4.84. The number of imidazole rings is 1. The van der Waals surface area contributed by atoms with E-state index in [1.807, 2.05) is 18.2 Å². The lowest BCUT2D eigenvalue weighted by atomic mass is 10.3. The van der Waals surface area contributed by atoms with Crippen molar-refractivity contribution in [1.82, 2.24) is 19.9 Å². The number of halogens is 2. The molecule has 3 aromatic rings. The quantitative estimate of drug-likeness (QED) is 0.757. The number of nitrogens with one attached hydrogen (secondary N) is 2. The number of rotatable bonds is 2. The smallest absolute Gasteiger partial charge is 0.162 e. The van der Waals surface area contributed by atoms with E-state index in [4.69, 9.17) is 11.6 Å². The van der Waals surface area contributed by atoms with Crippen LogP contribution in [0, 0.1) is 0 Å². The van der Waals surface area contributed by atoms with Crippen molar-refractivity contribution in [2.24, 2.45) is 0 Å². The van der Waals surface area contributed by atoms with Gasteiger partial charge in [0, 0.05) is 10.2 Å². The molecule has 90 valence electrons. The number of aromatic nitrogens is 4. The first-order valence-electron chi connectivity index (χ1n) is 5.10. The van der Waals surface area contributed by atoms with Crippen LogP contribution in [0.5, 0.6) is 0 Å². The van der Waals surface area contributed by atoms with Gasteiger partial charge in [-0.3, -0.25) is 0 Å². The van der Waals surface area contributed by atoms with Gasteiger partial charge in [0.15, 0.2) is 17.0 Å². The van der Waals surface area contributed by atoms with Crippen LogP contribution in [-0.4, -0.2) is 19.9 Å². The van der Waals surface area contributed by atoms with Crippen LogP contribution in [0.15, 0.2) is 35.3 Å². The summed E-state index contributed by atoms with van der Waals surface area (Å²) in [6, 6.07) is 5.58. The van der Waals surface area contributed by atoms with Crippen LogP contribution in [0.1, 0.15) is 0 Å². The molecular formula is C11H7BrClN5. The average Bonchev–Trinajstić information content (AvgIpc) is 2.83. The molecule has 1 aromatic carbocycles. The summed E-state index contributed by atoms with van der Waals surface area (Å²) < 4.78 is 0.849. The lowest BCUT2D eigenvalue weighted by Crippen LogP contribution is -1.95. The largest absolute Gasteiger partial charge is 0.338 e. The molecule has 2 N–H and O–H groups in total. The summed E-state index contributed by atoms with van der Waals surface area (Å²) in [5, 5.41) is 3.79. The van der Waals surface area contributed by atoms with Gasteiger partial charge < -0.3 is 10.3 Å². The molecule has 7 heteroatoms. The normalized spacial score (nSPS) is 10.8. The highest BCUT2D eigenvalue weighted by atomic mass is 79.9. The van der Waals surface area contributed by atoms with Crippen LogP contribution < -0.4 is 5.32 Å². The summed E-state index contributed by atoms with van der Waals surface area (Å²) in [5.41, 5.74) is 2.22. The summed E-state index contributed by atoms with van der Waals surface area (Å²) >= 11 is 9.38. The Kier molecular flexibility index (Phi) is 2.89. The molecule has 0 aliphatic carbocycles. The van der Waals surface area contributed by atoms with E-state index in [0.29, 0.717) is 22.0 Å². The molecule has 0 radical (unpaired) electrons. The highest BCUT2D eigenvalue weighted by molar-refractivity contribution is 9.10. The SMILES string of the molecule is Clc1cc(Nc2ncnc3[nH]cnc23)ccc1Br. The minimum Gasteiger partial charge on any atom is -0.338 e. The van der Waals surface area contributed by atoms with E-state index in [1.165, 1.54) is 6.33 Å². The van der Waals surface area contributed by atoms with Gasteiger partial charge in [0.05, 0.1) is 11.3 Å². The third-order valence-corrected chi connectivity index (χ3v) is 3.63. The van der Waals surface area contributed by atoms with E-state index in [2.05, 4.69) is 41.2 Å². The first kappa shape index (κ1) is 11.4. The molecular weight excluding hydrogens is 318 g/mol. The Morgan fingerprint density at radius 3 is 2.94 bits per heavy atom. The van der Waals surface area contributed by atoms with Gasteiger partial charge in [-0.15, -0.1) is 0 Å². The van der Waals surface area contributed by atoms with Crippen LogP contribution in [0.3, 0.4) is 0 Å². The van der Waals surface area contributed by atoms with Gasteiger partial charge in [-0.1, -0.05) is 11.6 Å². The number of anilines is 2. The van der Waals surface area contributed by atoms with Crippen molar-refractivity contribution in [3.8, 4) is 0 Å². The Morgan fingerprint density at radius 1 is 1.22 bits per heavy atom. The topological polar surface area (TPSA) is 66.5 Å². The van der Waals surface area contributed by atoms with E-state index in [9.17, 15) is 0 Å². The maximum atomic E-state index is 6.04. The van der Waals surface area contributed by atoms with E-state index in [1.54, 1.807) is 6.33 Å². The molecule has 0 fully saturated rings. The second kappa shape index (κ2) is 4.55. The molecule has 0 saturated heterocycles. The summed E-state index contributed by atoms with van der Waals surface area (Å²) in [4.78, 5) is 15.3. The monoisotopic (exact) mass is 323 g/mol. The molecule has 5 nitrogen and oxygen atoms in total. The molecule has 0 bridgehead atoms. The number of aromatic amines is 1. The maximum Gasteiger partial charge on any atom is 0.162 e. The van der Waals surface area contributed by atoms with E-state index >= 15 is 0 Å². The minimum absolute atomic E-state index is 0.632. The fourth-order valence-electron chi connectivity index (χ4n) is 1.57. The summed E-state index contributed by atoms with van der Waals surface area (Å²) in [7, 11) is 0. The zero-order valence-corrected chi connectivity index (χ0v) is 11.3. The molecule has 0 amide bonds. The van der Waals surface area contributed by atoms with Crippen molar-refractivity contribution in [3.05, 3.63) is 40.3 Å². The average molecular weight is 325 g/mol. The maximum absolute atomic E-state index is 6.04. The van der Waals surface area contributed by atoms with Gasteiger partial charge in [-0.2, -0.15) is 0 Å². The number of hydrogen-bond acceptors (Lipinski definition) is 4. The molecule has 18 heavy (non-hydrogen) atoms. The Bertz CT molecular complexity index is 711. The molecule has 2 aromatic heterocycles. The third kappa shape index (κ3) is 2.04. The Morgan fingerprint density at radius 2 is 2.11 bits per heavy atom. The van der Waals surface area contributed by atoms with Gasteiger partial charge in [0.1, 0.15) is 6.33 Å². The molecule has 0 saturated carbocycles. The molecule has 2 heterocycles. The van der Waals surface area contributed by atoms with Gasteiger partial charge in [-0.05, 0) is 34.1 Å². The first-order chi connectivity index (χ1) is 8.74. The van der Waals surface area contributed by atoms with Crippen LogP contribution in [0.25, 0.3) is 11.2 Å². The highest BCUT2D eigenvalue weighted by Gasteiger charge is 2.07. The number of hydrogen-bond donors (Lipinski definition) is 2. The predicted molar refractivity (Wildman–Crippen MR) is 74.1 cm³/mol. The van der Waals surface area contributed by atoms with Crippen molar-refractivity contribution in [2.45, 2.75) is 0 Å². The lowest BCUT2D eigenvalue weighted by Gasteiger charge is -2.06. The first-order valence-corrected chi connectivity index (χ1v) is 6.27. The summed E-state index contributed by atoms with van der Waals surface area (Å²) in [6.45, 7) is 0. The molecule has 0 atom stereocenters. The fourth-order valence-corrected chi connectivity index (χ4v) is 1.99. The van der Waals surface area contributed by atoms with Gasteiger partial charge in [-0.25, -0.2) is 15.0 Å². The summed E-state index contributed by atoms with van der Waals surface area (Å²) in [6.07, 6.45) is 3.06. The molecule has 0 spiro atoms. The van der Waals surface area contributed by atoms with E-state index in [0.717, 1.165) is 10.2 Å². The number of benzene rings is 1. The number of H-pyrrole nitrogens is 1. The van der Waals surface area contributed by atoms with Crippen LogP contribution in [-0.2, 0) is 0 Å². The van der Waals surface area contributed by atoms with Gasteiger partial charge in [0.2, 0.25) is 0 Å². The zero-order valence-electron chi connectivity index (χ0n) is 8.98. The molecule has 3 rings (SSSR count). The van der Waals surface area contributed by atoms with Crippen molar-refractivity contribution in [2.75, 3.05) is 5.32 Å². The Labute approximate surface area is 116 Å². The Hall–Kier alpha value is -1.66. The van der Waals surface area contributed by atoms with Crippen LogP contribution in [0.2, 0.25) is 5.02 Å². The molecule has 0 unspecified atom stereocenters. The Balaban J connectivity index is 2.01. The number of fused-ring (bicyclic) bond motifs is 1. The lowest BCUT2D eigenvalue weighted by molar-refractivity contribution is 1.20. The van der Waals surface area contributed by atoms with E-state index in [-0.39, 0.29) is 0 Å². The van der Waals surface area contributed by atoms with Crippen molar-refractivity contribution >= 4 is 50.2 Å². The fraction of sp³-hybridized carbons (Fsp3) is 0. The van der Waals surface area contributed by atoms with Crippen molar-refractivity contribution in [1.29, 1.82) is 0 Å². The van der Waals surface area contributed by atoms with Gasteiger partial charge >= 0.3 is 0 Å². The van der Waals surface area contributed by atoms with E-state index < -0.39 is 0 Å². The minimum atomic E-state index is 0.632. The molecule has 0 aliphatic rings. The van der Waals surface area contributed by atoms with Crippen molar-refractivity contribution in [3.63, 3.8) is 0 Å². The van der Waals surface area contributed by atoms with Crippen LogP contribution >= 0.6 is 27.5 Å². The van der Waals surface area contributed by atoms with Gasteiger partial charge in [0.25, 0.3) is 0 Å². The summed E-state index contributed by atoms with van der Waals surface area (Å²) in [5.74, 6) is 0.639. The zero-order chi connectivity index (χ0) is 12.5. The predicted octanol–water partition coefficient (Wildman–Crippen LogP) is 3.51. The van der Waals surface area contributed by atoms with Crippen molar-refractivity contribution < 1.29 is 0 Å². The third-order valence-electron chi connectivity index (χ3n) is 2.40. The van der Waals surface area contributed by atoms with Crippen LogP contribution in [0.4, 0.5) is 11.5 Å².